The number of benzene rings is 1. The van der Waals surface area contributed by atoms with E-state index in [0.29, 0.717) is 17.7 Å². The summed E-state index contributed by atoms with van der Waals surface area (Å²) in [5.41, 5.74) is 0.932. The van der Waals surface area contributed by atoms with Crippen LogP contribution in [0.5, 0.6) is 5.75 Å². The van der Waals surface area contributed by atoms with Crippen LogP contribution < -0.4 is 4.74 Å². The first-order chi connectivity index (χ1) is 10.8. The summed E-state index contributed by atoms with van der Waals surface area (Å²) in [6.07, 6.45) is 4.92. The maximum atomic E-state index is 13.7. The number of rotatable bonds is 6. The van der Waals surface area contributed by atoms with Crippen molar-refractivity contribution in [1.82, 2.24) is 14.8 Å². The minimum absolute atomic E-state index is 0.283. The number of ether oxygens (including phenoxy) is 1. The first kappa shape index (κ1) is 14.1. The summed E-state index contributed by atoms with van der Waals surface area (Å²) in [6, 6.07) is 5.69. The Labute approximate surface area is 133 Å². The van der Waals surface area contributed by atoms with Crippen molar-refractivity contribution < 1.29 is 9.13 Å². The minimum atomic E-state index is -0.317. The number of hydrogen-bond acceptors (Lipinski definition) is 4. The molecule has 22 heavy (non-hydrogen) atoms. The third-order valence-electron chi connectivity index (χ3n) is 4.13. The van der Waals surface area contributed by atoms with Crippen molar-refractivity contribution in [3.63, 3.8) is 0 Å². The fourth-order valence-corrected chi connectivity index (χ4v) is 3.59. The second-order valence-corrected chi connectivity index (χ2v) is 6.92. The van der Waals surface area contributed by atoms with Crippen LogP contribution in [0.15, 0.2) is 23.4 Å². The van der Waals surface area contributed by atoms with Gasteiger partial charge in [0.2, 0.25) is 0 Å². The standard InChI is InChI=1S/C16H18FN3OS/c1-21-14-7-2-10(8-13(14)17)9-22-16-19-18-15(11-3-4-11)20(16)12-5-6-12/h2,7-8,11-12H,3-6,9H2,1H3. The van der Waals surface area contributed by atoms with E-state index in [1.807, 2.05) is 6.07 Å². The maximum absolute atomic E-state index is 13.7. The molecule has 2 fully saturated rings. The lowest BCUT2D eigenvalue weighted by atomic mass is 10.2. The van der Waals surface area contributed by atoms with Gasteiger partial charge in [-0.15, -0.1) is 10.2 Å². The Balaban J connectivity index is 1.50. The lowest BCUT2D eigenvalue weighted by molar-refractivity contribution is 0.386. The summed E-state index contributed by atoms with van der Waals surface area (Å²) in [4.78, 5) is 0. The van der Waals surface area contributed by atoms with Gasteiger partial charge in [0, 0.05) is 17.7 Å². The van der Waals surface area contributed by atoms with Crippen LogP contribution in [-0.2, 0) is 5.75 Å². The molecule has 0 spiro atoms. The summed E-state index contributed by atoms with van der Waals surface area (Å²) < 4.78 is 21.0. The second-order valence-electron chi connectivity index (χ2n) is 5.97. The predicted molar refractivity (Wildman–Crippen MR) is 82.8 cm³/mol. The Bertz CT molecular complexity index is 695. The number of thioether (sulfide) groups is 1. The Morgan fingerprint density at radius 3 is 2.73 bits per heavy atom. The van der Waals surface area contributed by atoms with E-state index in [9.17, 15) is 4.39 Å². The molecule has 0 amide bonds. The van der Waals surface area contributed by atoms with Crippen LogP contribution >= 0.6 is 11.8 Å². The van der Waals surface area contributed by atoms with Crippen molar-refractivity contribution >= 4 is 11.8 Å². The van der Waals surface area contributed by atoms with Crippen molar-refractivity contribution in [1.29, 1.82) is 0 Å². The van der Waals surface area contributed by atoms with Crippen LogP contribution in [0.25, 0.3) is 0 Å². The maximum Gasteiger partial charge on any atom is 0.191 e. The molecule has 0 bridgehead atoms. The molecule has 2 aliphatic rings. The van der Waals surface area contributed by atoms with Crippen LogP contribution in [0, 0.1) is 5.82 Å². The molecule has 2 saturated carbocycles. The zero-order valence-electron chi connectivity index (χ0n) is 12.5. The number of methoxy groups -OCH3 is 1. The average molecular weight is 319 g/mol. The first-order valence-electron chi connectivity index (χ1n) is 7.66. The van der Waals surface area contributed by atoms with Crippen LogP contribution in [0.4, 0.5) is 4.39 Å². The Morgan fingerprint density at radius 1 is 1.27 bits per heavy atom. The lowest BCUT2D eigenvalue weighted by Gasteiger charge is -2.08. The number of aromatic nitrogens is 3. The van der Waals surface area contributed by atoms with Gasteiger partial charge in [0.15, 0.2) is 16.7 Å². The van der Waals surface area contributed by atoms with Gasteiger partial charge in [-0.1, -0.05) is 17.8 Å². The second kappa shape index (κ2) is 5.57. The predicted octanol–water partition coefficient (Wildman–Crippen LogP) is 3.93. The molecule has 1 aromatic heterocycles. The fourth-order valence-electron chi connectivity index (χ4n) is 2.63. The van der Waals surface area contributed by atoms with Crippen LogP contribution in [0.1, 0.15) is 49.0 Å². The zero-order chi connectivity index (χ0) is 15.1. The molecule has 1 heterocycles. The molecule has 0 radical (unpaired) electrons. The summed E-state index contributed by atoms with van der Waals surface area (Å²) in [6.45, 7) is 0. The van der Waals surface area contributed by atoms with Crippen molar-refractivity contribution in [2.45, 2.75) is 48.6 Å². The third kappa shape index (κ3) is 2.72. The van der Waals surface area contributed by atoms with E-state index in [2.05, 4.69) is 14.8 Å². The molecule has 0 atom stereocenters. The van der Waals surface area contributed by atoms with Gasteiger partial charge in [-0.2, -0.15) is 0 Å². The molecular formula is C16H18FN3OS. The van der Waals surface area contributed by atoms with Crippen molar-refractivity contribution in [2.24, 2.45) is 0 Å². The van der Waals surface area contributed by atoms with Crippen LogP contribution in [0.3, 0.4) is 0 Å². The van der Waals surface area contributed by atoms with Crippen LogP contribution in [0.2, 0.25) is 0 Å². The highest BCUT2D eigenvalue weighted by Gasteiger charge is 2.36. The van der Waals surface area contributed by atoms with Crippen molar-refractivity contribution in [2.75, 3.05) is 7.11 Å². The normalized spacial score (nSPS) is 17.7. The highest BCUT2D eigenvalue weighted by atomic mass is 32.2. The Hall–Kier alpha value is -1.56. The largest absolute Gasteiger partial charge is 0.494 e. The molecule has 0 N–H and O–H groups in total. The SMILES string of the molecule is COc1ccc(CSc2nnc(C3CC3)n2C2CC2)cc1F. The smallest absolute Gasteiger partial charge is 0.191 e. The summed E-state index contributed by atoms with van der Waals surface area (Å²) in [5.74, 6) is 2.43. The van der Waals surface area contributed by atoms with Gasteiger partial charge in [0.25, 0.3) is 0 Å². The molecule has 4 nitrogen and oxygen atoms in total. The molecule has 0 unspecified atom stereocenters. The third-order valence-corrected chi connectivity index (χ3v) is 5.14. The highest BCUT2D eigenvalue weighted by Crippen LogP contribution is 2.46. The molecule has 4 rings (SSSR count). The van der Waals surface area contributed by atoms with Crippen LogP contribution in [-0.4, -0.2) is 21.9 Å². The van der Waals surface area contributed by atoms with E-state index in [0.717, 1.165) is 16.5 Å². The fraction of sp³-hybridized carbons (Fsp3) is 0.500. The van der Waals surface area contributed by atoms with E-state index < -0.39 is 0 Å². The highest BCUT2D eigenvalue weighted by molar-refractivity contribution is 7.98. The number of hydrogen-bond donors (Lipinski definition) is 0. The van der Waals surface area contributed by atoms with Gasteiger partial charge in [0.05, 0.1) is 7.11 Å². The zero-order valence-corrected chi connectivity index (χ0v) is 13.3. The Morgan fingerprint density at radius 2 is 2.09 bits per heavy atom. The van der Waals surface area contributed by atoms with Gasteiger partial charge in [-0.05, 0) is 43.4 Å². The topological polar surface area (TPSA) is 39.9 Å². The van der Waals surface area contributed by atoms with Gasteiger partial charge in [-0.25, -0.2) is 4.39 Å². The average Bonchev–Trinajstić information content (AvgIpc) is 3.44. The molecule has 2 aliphatic carbocycles. The minimum Gasteiger partial charge on any atom is -0.494 e. The number of halogens is 1. The molecule has 1 aromatic carbocycles. The quantitative estimate of drug-likeness (QED) is 0.756. The van der Waals surface area contributed by atoms with Gasteiger partial charge >= 0.3 is 0 Å². The van der Waals surface area contributed by atoms with E-state index in [-0.39, 0.29) is 11.6 Å². The van der Waals surface area contributed by atoms with Crippen molar-refractivity contribution in [3.05, 3.63) is 35.4 Å². The summed E-state index contributed by atoms with van der Waals surface area (Å²) in [5, 5.41) is 9.73. The van der Waals surface area contributed by atoms with Crippen molar-refractivity contribution in [3.8, 4) is 5.75 Å². The van der Waals surface area contributed by atoms with E-state index in [4.69, 9.17) is 4.74 Å². The molecule has 116 valence electrons. The molecule has 2 aromatic rings. The molecule has 0 saturated heterocycles. The summed E-state index contributed by atoms with van der Waals surface area (Å²) >= 11 is 1.64. The lowest BCUT2D eigenvalue weighted by Crippen LogP contribution is -2.02. The molecular weight excluding hydrogens is 301 g/mol. The molecule has 0 aliphatic heterocycles. The number of nitrogens with zero attached hydrogens (tertiary/aromatic N) is 3. The monoisotopic (exact) mass is 319 g/mol. The van der Waals surface area contributed by atoms with E-state index in [1.165, 1.54) is 38.9 Å². The van der Waals surface area contributed by atoms with E-state index in [1.54, 1.807) is 17.8 Å². The Kier molecular flexibility index (Phi) is 3.56. The van der Waals surface area contributed by atoms with Gasteiger partial charge in [0.1, 0.15) is 5.82 Å². The molecule has 6 heteroatoms. The van der Waals surface area contributed by atoms with E-state index >= 15 is 0 Å². The summed E-state index contributed by atoms with van der Waals surface area (Å²) in [7, 11) is 1.48. The van der Waals surface area contributed by atoms with Gasteiger partial charge in [-0.3, -0.25) is 0 Å². The first-order valence-corrected chi connectivity index (χ1v) is 8.65. The van der Waals surface area contributed by atoms with Gasteiger partial charge < -0.3 is 9.30 Å².